The van der Waals surface area contributed by atoms with Gasteiger partial charge in [0.2, 0.25) is 17.7 Å². The Balaban J connectivity index is 1.76. The lowest BCUT2D eigenvalue weighted by atomic mass is 9.83. The van der Waals surface area contributed by atoms with Crippen molar-refractivity contribution in [1.82, 2.24) is 10.2 Å². The Hall–Kier alpha value is -2.65. The van der Waals surface area contributed by atoms with Crippen molar-refractivity contribution >= 4 is 17.7 Å². The number of primary amides is 1. The Kier molecular flexibility index (Phi) is 7.97. The highest BCUT2D eigenvalue weighted by atomic mass is 16.3. The monoisotopic (exact) mass is 461 g/mol. The fourth-order valence-corrected chi connectivity index (χ4v) is 5.09. The number of phenols is 1. The van der Waals surface area contributed by atoms with Gasteiger partial charge < -0.3 is 31.3 Å². The van der Waals surface area contributed by atoms with Crippen LogP contribution in [0.1, 0.15) is 51.5 Å². The molecule has 0 spiro atoms. The molecule has 182 valence electrons. The van der Waals surface area contributed by atoms with Crippen molar-refractivity contribution in [2.45, 2.75) is 82.7 Å². The third kappa shape index (κ3) is 6.03. The van der Waals surface area contributed by atoms with Crippen molar-refractivity contribution in [1.29, 1.82) is 0 Å². The molecule has 1 aromatic rings. The predicted molar refractivity (Wildman–Crippen MR) is 121 cm³/mol. The molecule has 2 aliphatic rings. The van der Waals surface area contributed by atoms with E-state index in [1.807, 2.05) is 13.8 Å². The molecule has 1 saturated heterocycles. The van der Waals surface area contributed by atoms with Gasteiger partial charge in [0.05, 0.1) is 6.10 Å². The summed E-state index contributed by atoms with van der Waals surface area (Å²) in [4.78, 5) is 40.0. The summed E-state index contributed by atoms with van der Waals surface area (Å²) in [5.74, 6) is -1.44. The summed E-state index contributed by atoms with van der Waals surface area (Å²) in [5.41, 5.74) is 6.28. The van der Waals surface area contributed by atoms with Crippen LogP contribution in [0.25, 0.3) is 0 Å². The van der Waals surface area contributed by atoms with Gasteiger partial charge in [-0.25, -0.2) is 0 Å². The zero-order valence-electron chi connectivity index (χ0n) is 19.2. The van der Waals surface area contributed by atoms with Crippen LogP contribution in [0.15, 0.2) is 24.3 Å². The summed E-state index contributed by atoms with van der Waals surface area (Å²) in [6.45, 7) is 3.84. The number of hydrogen-bond acceptors (Lipinski definition) is 6. The number of aliphatic hydroxyl groups is 2. The van der Waals surface area contributed by atoms with E-state index in [0.717, 1.165) is 0 Å². The summed E-state index contributed by atoms with van der Waals surface area (Å²) in [6, 6.07) is 4.16. The number of hydrogen-bond donors (Lipinski definition) is 5. The molecular weight excluding hydrogens is 426 g/mol. The minimum atomic E-state index is -1.38. The van der Waals surface area contributed by atoms with Gasteiger partial charge in [-0.15, -0.1) is 0 Å². The lowest BCUT2D eigenvalue weighted by Crippen LogP contribution is -2.57. The van der Waals surface area contributed by atoms with Crippen molar-refractivity contribution in [3.8, 4) is 5.75 Å². The van der Waals surface area contributed by atoms with Crippen molar-refractivity contribution in [3.63, 3.8) is 0 Å². The number of rotatable bonds is 8. The lowest BCUT2D eigenvalue weighted by Gasteiger charge is -2.37. The largest absolute Gasteiger partial charge is 0.508 e. The smallest absolute Gasteiger partial charge is 0.249 e. The van der Waals surface area contributed by atoms with Crippen molar-refractivity contribution in [2.75, 3.05) is 0 Å². The van der Waals surface area contributed by atoms with Gasteiger partial charge in [0.25, 0.3) is 0 Å². The van der Waals surface area contributed by atoms with Crippen LogP contribution < -0.4 is 11.1 Å². The highest BCUT2D eigenvalue weighted by Crippen LogP contribution is 2.40. The predicted octanol–water partition coefficient (Wildman–Crippen LogP) is 0.442. The zero-order chi connectivity index (χ0) is 24.3. The Morgan fingerprint density at radius 2 is 1.82 bits per heavy atom. The molecule has 9 nitrogen and oxygen atoms in total. The van der Waals surface area contributed by atoms with Crippen LogP contribution in [0.3, 0.4) is 0 Å². The molecular formula is C24H35N3O6. The second-order valence-corrected chi connectivity index (χ2v) is 9.77. The number of nitrogens with one attached hydrogen (secondary N) is 1. The number of carbonyl (C=O) groups excluding carboxylic acids is 3. The van der Waals surface area contributed by atoms with E-state index >= 15 is 0 Å². The summed E-state index contributed by atoms with van der Waals surface area (Å²) >= 11 is 0. The fourth-order valence-electron chi connectivity index (χ4n) is 5.09. The van der Waals surface area contributed by atoms with E-state index in [1.165, 1.54) is 17.0 Å². The zero-order valence-corrected chi connectivity index (χ0v) is 19.2. The molecule has 0 bridgehead atoms. The van der Waals surface area contributed by atoms with Crippen LogP contribution >= 0.6 is 0 Å². The van der Waals surface area contributed by atoms with E-state index < -0.39 is 42.0 Å². The number of amides is 3. The van der Waals surface area contributed by atoms with Crippen molar-refractivity contribution in [3.05, 3.63) is 29.8 Å². The van der Waals surface area contributed by atoms with Gasteiger partial charge in [-0.05, 0) is 61.6 Å². The van der Waals surface area contributed by atoms with Crippen LogP contribution in [0.5, 0.6) is 5.75 Å². The molecule has 3 rings (SSSR count). The molecule has 1 unspecified atom stereocenters. The Labute approximate surface area is 194 Å². The minimum absolute atomic E-state index is 0.0270. The molecule has 0 radical (unpaired) electrons. The summed E-state index contributed by atoms with van der Waals surface area (Å²) in [5, 5.41) is 32.7. The fraction of sp³-hybridized carbons (Fsp3) is 0.625. The Morgan fingerprint density at radius 3 is 2.42 bits per heavy atom. The maximum atomic E-state index is 13.6. The molecule has 6 N–H and O–H groups in total. The number of fused-ring (bicyclic) bond motifs is 1. The first-order valence-electron chi connectivity index (χ1n) is 11.6. The first-order chi connectivity index (χ1) is 15.6. The molecule has 33 heavy (non-hydrogen) atoms. The average Bonchev–Trinajstić information content (AvgIpc) is 3.12. The van der Waals surface area contributed by atoms with E-state index in [-0.39, 0.29) is 30.0 Å². The molecule has 9 heteroatoms. The van der Waals surface area contributed by atoms with E-state index in [4.69, 9.17) is 5.73 Å². The molecule has 0 aromatic heterocycles. The van der Waals surface area contributed by atoms with Crippen LogP contribution in [0.4, 0.5) is 0 Å². The van der Waals surface area contributed by atoms with Crippen LogP contribution in [0.2, 0.25) is 0 Å². The SMILES string of the molecule is CC(C)CC(NC(=O)[C@H](O)Cc1ccc(O)cc1)C(=O)N1[C@H](C(N)=O)C[C@@H]2CC[C@@H](O)C[C@@H]21. The number of aliphatic hydroxyl groups excluding tert-OH is 2. The summed E-state index contributed by atoms with van der Waals surface area (Å²) in [6.07, 6.45) is 0.620. The molecule has 1 heterocycles. The molecule has 1 saturated carbocycles. The van der Waals surface area contributed by atoms with Gasteiger partial charge in [0, 0.05) is 12.5 Å². The first kappa shape index (κ1) is 25.0. The van der Waals surface area contributed by atoms with Gasteiger partial charge in [-0.2, -0.15) is 0 Å². The highest BCUT2D eigenvalue weighted by molar-refractivity contribution is 5.93. The summed E-state index contributed by atoms with van der Waals surface area (Å²) in [7, 11) is 0. The normalized spacial score (nSPS) is 26.5. The molecule has 1 aromatic carbocycles. The number of carbonyl (C=O) groups is 3. The van der Waals surface area contributed by atoms with E-state index in [0.29, 0.717) is 37.7 Å². The van der Waals surface area contributed by atoms with E-state index in [1.54, 1.807) is 12.1 Å². The van der Waals surface area contributed by atoms with Crippen molar-refractivity contribution in [2.24, 2.45) is 17.6 Å². The standard InChI is InChI=1S/C24H35N3O6/c1-13(2)9-18(26-23(32)21(30)10-14-3-6-16(28)7-4-14)24(33)27-19-12-17(29)8-5-15(19)11-20(27)22(25)31/h3-4,6-7,13,15,17-21,28-30H,5,8-12H2,1-2H3,(H2,25,31)(H,26,32)/t15-,17+,18?,19-,20-,21+/m0/s1. The van der Waals surface area contributed by atoms with Crippen LogP contribution in [0, 0.1) is 11.8 Å². The van der Waals surface area contributed by atoms with E-state index in [9.17, 15) is 29.7 Å². The highest BCUT2D eigenvalue weighted by Gasteiger charge is 2.49. The van der Waals surface area contributed by atoms with Gasteiger partial charge in [-0.3, -0.25) is 14.4 Å². The Morgan fingerprint density at radius 1 is 1.15 bits per heavy atom. The lowest BCUT2D eigenvalue weighted by molar-refractivity contribution is -0.145. The topological polar surface area (TPSA) is 153 Å². The van der Waals surface area contributed by atoms with Gasteiger partial charge >= 0.3 is 0 Å². The average molecular weight is 462 g/mol. The molecule has 6 atom stereocenters. The van der Waals surface area contributed by atoms with E-state index in [2.05, 4.69) is 5.32 Å². The molecule has 1 aliphatic heterocycles. The second kappa shape index (κ2) is 10.5. The second-order valence-electron chi connectivity index (χ2n) is 9.77. The van der Waals surface area contributed by atoms with Crippen LogP contribution in [-0.2, 0) is 20.8 Å². The third-order valence-corrected chi connectivity index (χ3v) is 6.72. The number of nitrogens with zero attached hydrogens (tertiary/aromatic N) is 1. The Bertz CT molecular complexity index is 858. The summed E-state index contributed by atoms with van der Waals surface area (Å²) < 4.78 is 0. The van der Waals surface area contributed by atoms with Gasteiger partial charge in [-0.1, -0.05) is 26.0 Å². The minimum Gasteiger partial charge on any atom is -0.508 e. The van der Waals surface area contributed by atoms with Crippen molar-refractivity contribution < 1.29 is 29.7 Å². The maximum Gasteiger partial charge on any atom is 0.249 e. The van der Waals surface area contributed by atoms with Crippen LogP contribution in [-0.4, -0.2) is 68.3 Å². The number of likely N-dealkylation sites (tertiary alicyclic amines) is 1. The number of nitrogens with two attached hydrogens (primary N) is 1. The van der Waals surface area contributed by atoms with Gasteiger partial charge in [0.1, 0.15) is 23.9 Å². The first-order valence-corrected chi connectivity index (χ1v) is 11.6. The molecule has 2 fully saturated rings. The maximum absolute atomic E-state index is 13.6. The molecule has 3 amide bonds. The quantitative estimate of drug-likeness (QED) is 0.379. The third-order valence-electron chi connectivity index (χ3n) is 6.72. The molecule has 1 aliphatic carbocycles. The number of aromatic hydroxyl groups is 1. The number of benzene rings is 1. The number of phenolic OH excluding ortho intramolecular Hbond substituents is 1. The van der Waals surface area contributed by atoms with Gasteiger partial charge in [0.15, 0.2) is 0 Å².